The van der Waals surface area contributed by atoms with Crippen LogP contribution in [0.15, 0.2) is 36.4 Å². The van der Waals surface area contributed by atoms with Crippen LogP contribution in [0.3, 0.4) is 0 Å². The van der Waals surface area contributed by atoms with Gasteiger partial charge in [-0.15, -0.1) is 0 Å². The number of allylic oxidation sites excluding steroid dienone is 2. The number of nitrogens with zero attached hydrogens (tertiary/aromatic N) is 1. The Bertz CT molecular complexity index is 565. The minimum absolute atomic E-state index is 0.630. The lowest BCUT2D eigenvalue weighted by molar-refractivity contribution is 0.828. The van der Waals surface area contributed by atoms with Crippen LogP contribution in [0, 0.1) is 35.0 Å². The quantitative estimate of drug-likeness (QED) is 0.565. The van der Waals surface area contributed by atoms with Gasteiger partial charge < -0.3 is 0 Å². The highest BCUT2D eigenvalue weighted by molar-refractivity contribution is 5.43. The van der Waals surface area contributed by atoms with E-state index in [1.165, 1.54) is 6.42 Å². The highest BCUT2D eigenvalue weighted by Gasteiger charge is 1.89. The van der Waals surface area contributed by atoms with Crippen molar-refractivity contribution < 1.29 is 0 Å². The van der Waals surface area contributed by atoms with Gasteiger partial charge in [0.1, 0.15) is 0 Å². The topological polar surface area (TPSA) is 23.8 Å². The molecule has 0 fully saturated rings. The highest BCUT2D eigenvalue weighted by Crippen LogP contribution is 2.01. The first kappa shape index (κ1) is 13.6. The summed E-state index contributed by atoms with van der Waals surface area (Å²) in [5.74, 6) is 11.9. The second-order valence-corrected chi connectivity index (χ2v) is 3.72. The summed E-state index contributed by atoms with van der Waals surface area (Å²) in [6, 6.07) is 9.34. The van der Waals surface area contributed by atoms with Crippen molar-refractivity contribution in [3.8, 4) is 29.8 Å². The van der Waals surface area contributed by atoms with Crippen LogP contribution >= 0.6 is 0 Å². The van der Waals surface area contributed by atoms with E-state index in [-0.39, 0.29) is 0 Å². The summed E-state index contributed by atoms with van der Waals surface area (Å²) in [5.41, 5.74) is 1.47. The summed E-state index contributed by atoms with van der Waals surface area (Å²) in [6.45, 7) is 2.15. The third-order valence-electron chi connectivity index (χ3n) is 2.22. The molecule has 0 atom stereocenters. The van der Waals surface area contributed by atoms with Gasteiger partial charge in [-0.1, -0.05) is 43.1 Å². The molecule has 0 heterocycles. The average molecular weight is 233 g/mol. The smallest absolute Gasteiger partial charge is 0.0992 e. The third-order valence-corrected chi connectivity index (χ3v) is 2.22. The lowest BCUT2D eigenvalue weighted by Gasteiger charge is -1.89. The Morgan fingerprint density at radius 2 is 1.94 bits per heavy atom. The minimum atomic E-state index is 0.630. The van der Waals surface area contributed by atoms with E-state index in [0.29, 0.717) is 5.56 Å². The van der Waals surface area contributed by atoms with Crippen molar-refractivity contribution in [2.75, 3.05) is 0 Å². The van der Waals surface area contributed by atoms with Crippen LogP contribution in [-0.2, 0) is 0 Å². The van der Waals surface area contributed by atoms with E-state index in [2.05, 4.69) is 36.7 Å². The van der Waals surface area contributed by atoms with Crippen molar-refractivity contribution >= 4 is 0 Å². The molecular formula is C17H15N. The van der Waals surface area contributed by atoms with Crippen LogP contribution in [0.25, 0.3) is 0 Å². The molecule has 1 aromatic rings. The molecular weight excluding hydrogens is 218 g/mol. The Morgan fingerprint density at radius 3 is 2.72 bits per heavy atom. The first-order valence-electron chi connectivity index (χ1n) is 6.02. The number of hydrogen-bond donors (Lipinski definition) is 0. The van der Waals surface area contributed by atoms with Crippen LogP contribution in [0.2, 0.25) is 0 Å². The molecule has 0 radical (unpaired) electrons. The first-order chi connectivity index (χ1) is 8.86. The fraction of sp³-hybridized carbons (Fsp3) is 0.235. The monoisotopic (exact) mass is 233 g/mol. The zero-order valence-electron chi connectivity index (χ0n) is 10.5. The normalized spacial score (nSPS) is 8.89. The second kappa shape index (κ2) is 8.69. The summed E-state index contributed by atoms with van der Waals surface area (Å²) < 4.78 is 0. The van der Waals surface area contributed by atoms with Crippen LogP contribution in [0.5, 0.6) is 0 Å². The largest absolute Gasteiger partial charge is 0.192 e. The van der Waals surface area contributed by atoms with Gasteiger partial charge in [-0.3, -0.25) is 0 Å². The lowest BCUT2D eigenvalue weighted by atomic mass is 10.1. The van der Waals surface area contributed by atoms with Gasteiger partial charge >= 0.3 is 0 Å². The molecule has 18 heavy (non-hydrogen) atoms. The van der Waals surface area contributed by atoms with Gasteiger partial charge in [-0.05, 0) is 36.8 Å². The molecule has 1 rings (SSSR count). The van der Waals surface area contributed by atoms with E-state index in [1.54, 1.807) is 24.3 Å². The van der Waals surface area contributed by atoms with E-state index < -0.39 is 0 Å². The number of nitriles is 1. The molecule has 0 bridgehead atoms. The maximum atomic E-state index is 8.74. The van der Waals surface area contributed by atoms with E-state index in [4.69, 9.17) is 5.26 Å². The van der Waals surface area contributed by atoms with E-state index in [1.807, 2.05) is 12.1 Å². The maximum absolute atomic E-state index is 8.74. The molecule has 0 saturated heterocycles. The molecule has 0 aliphatic heterocycles. The van der Waals surface area contributed by atoms with E-state index in [0.717, 1.165) is 18.4 Å². The molecule has 1 heteroatoms. The predicted molar refractivity (Wildman–Crippen MR) is 74.5 cm³/mol. The van der Waals surface area contributed by atoms with Crippen molar-refractivity contribution in [2.45, 2.75) is 26.2 Å². The summed E-state index contributed by atoms with van der Waals surface area (Å²) in [5, 5.41) is 8.74. The fourth-order valence-corrected chi connectivity index (χ4v) is 1.27. The van der Waals surface area contributed by atoms with Crippen molar-refractivity contribution in [3.05, 3.63) is 47.5 Å². The van der Waals surface area contributed by atoms with Gasteiger partial charge in [0.25, 0.3) is 0 Å². The van der Waals surface area contributed by atoms with Crippen LogP contribution in [0.1, 0.15) is 37.3 Å². The second-order valence-electron chi connectivity index (χ2n) is 3.72. The van der Waals surface area contributed by atoms with Crippen LogP contribution in [-0.4, -0.2) is 0 Å². The van der Waals surface area contributed by atoms with Crippen molar-refractivity contribution in [1.29, 1.82) is 5.26 Å². The zero-order valence-corrected chi connectivity index (χ0v) is 10.5. The zero-order chi connectivity index (χ0) is 13.1. The Morgan fingerprint density at radius 1 is 1.17 bits per heavy atom. The van der Waals surface area contributed by atoms with E-state index in [9.17, 15) is 0 Å². The Labute approximate surface area is 109 Å². The van der Waals surface area contributed by atoms with Gasteiger partial charge in [0.15, 0.2) is 0 Å². The number of benzene rings is 1. The highest BCUT2D eigenvalue weighted by atomic mass is 14.2. The Kier molecular flexibility index (Phi) is 6.58. The molecule has 0 aliphatic rings. The molecule has 0 saturated carbocycles. The van der Waals surface area contributed by atoms with E-state index >= 15 is 0 Å². The van der Waals surface area contributed by atoms with Gasteiger partial charge in [0.2, 0.25) is 0 Å². The minimum Gasteiger partial charge on any atom is -0.192 e. The molecule has 88 valence electrons. The Balaban J connectivity index is 2.52. The number of unbranched alkanes of at least 4 members (excludes halogenated alkanes) is 2. The van der Waals surface area contributed by atoms with Gasteiger partial charge in [-0.2, -0.15) is 5.26 Å². The lowest BCUT2D eigenvalue weighted by Crippen LogP contribution is -1.76. The van der Waals surface area contributed by atoms with Crippen LogP contribution in [0.4, 0.5) is 0 Å². The Hall–Kier alpha value is -2.43. The summed E-state index contributed by atoms with van der Waals surface area (Å²) in [7, 11) is 0. The summed E-state index contributed by atoms with van der Waals surface area (Å²) in [6.07, 6.45) is 6.76. The maximum Gasteiger partial charge on any atom is 0.0992 e. The summed E-state index contributed by atoms with van der Waals surface area (Å²) in [4.78, 5) is 0. The number of rotatable bonds is 2. The molecule has 1 aromatic carbocycles. The van der Waals surface area contributed by atoms with Gasteiger partial charge in [0, 0.05) is 12.0 Å². The fourth-order valence-electron chi connectivity index (χ4n) is 1.27. The van der Waals surface area contributed by atoms with Gasteiger partial charge in [0.05, 0.1) is 11.6 Å². The van der Waals surface area contributed by atoms with Crippen molar-refractivity contribution in [1.82, 2.24) is 0 Å². The average Bonchev–Trinajstić information content (AvgIpc) is 2.42. The first-order valence-corrected chi connectivity index (χ1v) is 6.02. The van der Waals surface area contributed by atoms with Gasteiger partial charge in [-0.25, -0.2) is 0 Å². The van der Waals surface area contributed by atoms with Crippen molar-refractivity contribution in [2.24, 2.45) is 0 Å². The van der Waals surface area contributed by atoms with Crippen molar-refractivity contribution in [3.63, 3.8) is 0 Å². The molecule has 1 nitrogen and oxygen atoms in total. The standard InChI is InChI=1S/C17H15N/c1-2-3-4-5-6-7-8-9-11-16-12-10-13-17(14-16)15-18/h7-8,10,12-14H,2-4H2,1H3. The SMILES string of the molecule is CCCCC#CC=CC#Cc1cccc(C#N)c1. The molecule has 0 N–H and O–H groups in total. The molecule has 0 spiro atoms. The molecule has 0 amide bonds. The third kappa shape index (κ3) is 5.60. The molecule has 0 unspecified atom stereocenters. The summed E-state index contributed by atoms with van der Waals surface area (Å²) >= 11 is 0. The molecule has 0 aliphatic carbocycles. The van der Waals surface area contributed by atoms with Crippen LogP contribution < -0.4 is 0 Å². The predicted octanol–water partition coefficient (Wildman–Crippen LogP) is 3.66. The molecule has 0 aromatic heterocycles. The number of hydrogen-bond acceptors (Lipinski definition) is 1.